The van der Waals surface area contributed by atoms with Crippen LogP contribution in [0, 0.1) is 50.7 Å². The Labute approximate surface area is 291 Å². The third-order valence-electron chi connectivity index (χ3n) is 16.3. The lowest BCUT2D eigenvalue weighted by Crippen LogP contribution is -2.64. The third kappa shape index (κ3) is 4.40. The molecule has 10 heteroatoms. The molecule has 0 aromatic rings. The minimum Gasteiger partial charge on any atom is -0.488 e. The summed E-state index contributed by atoms with van der Waals surface area (Å²) in [6.07, 6.45) is 0.137. The molecule has 1 saturated heterocycles. The minimum atomic E-state index is -1.41. The number of ether oxygens (including phenoxy) is 4. The lowest BCUT2D eigenvalue weighted by atomic mass is 9.41. The quantitative estimate of drug-likeness (QED) is 0.209. The first-order valence-electron chi connectivity index (χ1n) is 18.9. The average molecular weight is 691 g/mol. The molecule has 7 aliphatic rings. The van der Waals surface area contributed by atoms with Crippen LogP contribution in [0.4, 0.5) is 0 Å². The SMILES string of the molecule is CC(=O)O[C@@H]([C@H]1C[C@@H](C)C2=C(O1)[C@H](O)[C@@]1(C)[C@@H]3CC[C@H]4C(C)(C)[C@@H](O[C@]5(C)OC[C@@H](O)[C@H](O)[C@H]5O)CCC45[C@@H](C)[C@@]35CC[C@]21C)C(C)(C)O. The zero-order valence-corrected chi connectivity index (χ0v) is 31.3. The fraction of sp³-hybridized carbons (Fsp3) is 0.923. The Morgan fingerprint density at radius 2 is 1.57 bits per heavy atom. The number of fused-ring (bicyclic) bond motifs is 3. The van der Waals surface area contributed by atoms with E-state index < -0.39 is 59.4 Å². The van der Waals surface area contributed by atoms with Crippen molar-refractivity contribution in [3.8, 4) is 0 Å². The van der Waals surface area contributed by atoms with Gasteiger partial charge in [0.1, 0.15) is 36.3 Å². The summed E-state index contributed by atoms with van der Waals surface area (Å²) < 4.78 is 24.9. The number of aliphatic hydroxyl groups is 5. The maximum Gasteiger partial charge on any atom is 0.303 e. The highest BCUT2D eigenvalue weighted by atomic mass is 16.7. The van der Waals surface area contributed by atoms with E-state index in [4.69, 9.17) is 18.9 Å². The van der Waals surface area contributed by atoms with Crippen LogP contribution in [0.1, 0.15) is 114 Å². The number of aliphatic hydroxyl groups excluding tert-OH is 4. The first-order valence-corrected chi connectivity index (χ1v) is 18.9. The number of hydrogen-bond donors (Lipinski definition) is 5. The summed E-state index contributed by atoms with van der Waals surface area (Å²) in [5, 5.41) is 55.1. The molecule has 2 heterocycles. The van der Waals surface area contributed by atoms with Gasteiger partial charge < -0.3 is 44.5 Å². The number of carbonyl (C=O) groups is 1. The van der Waals surface area contributed by atoms with Gasteiger partial charge in [0, 0.05) is 17.8 Å². The molecule has 2 aliphatic heterocycles. The van der Waals surface area contributed by atoms with E-state index in [2.05, 4.69) is 41.5 Å². The van der Waals surface area contributed by atoms with Crippen LogP contribution in [0.3, 0.4) is 0 Å². The van der Waals surface area contributed by atoms with Gasteiger partial charge in [-0.3, -0.25) is 4.79 Å². The third-order valence-corrected chi connectivity index (χ3v) is 16.3. The molecule has 0 bridgehead atoms. The van der Waals surface area contributed by atoms with Crippen molar-refractivity contribution in [1.29, 1.82) is 0 Å². The molecular weight excluding hydrogens is 628 g/mol. The van der Waals surface area contributed by atoms with Crippen molar-refractivity contribution in [1.82, 2.24) is 0 Å². The van der Waals surface area contributed by atoms with Crippen molar-refractivity contribution in [3.63, 3.8) is 0 Å². The van der Waals surface area contributed by atoms with Gasteiger partial charge in [-0.1, -0.05) is 41.5 Å². The summed E-state index contributed by atoms with van der Waals surface area (Å²) in [7, 11) is 0. The monoisotopic (exact) mass is 690 g/mol. The molecule has 10 nitrogen and oxygen atoms in total. The first kappa shape index (κ1) is 36.1. The van der Waals surface area contributed by atoms with Gasteiger partial charge in [0.2, 0.25) is 0 Å². The zero-order chi connectivity index (χ0) is 36.1. The Bertz CT molecular complexity index is 1400. The molecule has 5 N–H and O–H groups in total. The van der Waals surface area contributed by atoms with Crippen LogP contribution in [0.25, 0.3) is 0 Å². The van der Waals surface area contributed by atoms with E-state index in [1.165, 1.54) is 12.5 Å². The van der Waals surface area contributed by atoms with E-state index in [1.807, 2.05) is 0 Å². The topological polar surface area (TPSA) is 155 Å². The van der Waals surface area contributed by atoms with Crippen molar-refractivity contribution in [3.05, 3.63) is 11.3 Å². The Morgan fingerprint density at radius 1 is 0.939 bits per heavy atom. The fourth-order valence-corrected chi connectivity index (χ4v) is 14.0. The van der Waals surface area contributed by atoms with E-state index in [0.717, 1.165) is 38.5 Å². The Morgan fingerprint density at radius 3 is 2.20 bits per heavy atom. The lowest BCUT2D eigenvalue weighted by Gasteiger charge is -2.63. The predicted molar refractivity (Wildman–Crippen MR) is 179 cm³/mol. The highest BCUT2D eigenvalue weighted by Crippen LogP contribution is 2.91. The molecular formula is C39H62O10. The minimum absolute atomic E-state index is 0.0725. The van der Waals surface area contributed by atoms with Gasteiger partial charge in [0.15, 0.2) is 11.9 Å². The van der Waals surface area contributed by atoms with Gasteiger partial charge in [0.25, 0.3) is 0 Å². The molecule has 0 radical (unpaired) electrons. The summed E-state index contributed by atoms with van der Waals surface area (Å²) in [6.45, 7) is 20.1. The van der Waals surface area contributed by atoms with E-state index in [0.29, 0.717) is 24.0 Å². The molecule has 5 fully saturated rings. The Balaban J connectivity index is 1.18. The van der Waals surface area contributed by atoms with E-state index in [1.54, 1.807) is 20.8 Å². The van der Waals surface area contributed by atoms with Crippen LogP contribution in [-0.2, 0) is 23.7 Å². The largest absolute Gasteiger partial charge is 0.488 e. The van der Waals surface area contributed by atoms with Crippen molar-refractivity contribution >= 4 is 5.97 Å². The highest BCUT2D eigenvalue weighted by Gasteiger charge is 2.87. The molecule has 7 rings (SSSR count). The van der Waals surface area contributed by atoms with Gasteiger partial charge in [-0.2, -0.15) is 0 Å². The van der Waals surface area contributed by atoms with Crippen molar-refractivity contribution in [2.45, 2.75) is 168 Å². The summed E-state index contributed by atoms with van der Waals surface area (Å²) >= 11 is 0. The van der Waals surface area contributed by atoms with Crippen LogP contribution in [0.2, 0.25) is 0 Å². The Hall–Kier alpha value is -1.27. The van der Waals surface area contributed by atoms with Gasteiger partial charge in [-0.05, 0) is 111 Å². The van der Waals surface area contributed by atoms with E-state index in [-0.39, 0.29) is 46.2 Å². The van der Waals surface area contributed by atoms with Crippen LogP contribution in [-0.4, -0.2) is 92.2 Å². The molecule has 4 saturated carbocycles. The molecule has 0 amide bonds. The molecule has 5 aliphatic carbocycles. The van der Waals surface area contributed by atoms with Crippen LogP contribution in [0.15, 0.2) is 11.3 Å². The smallest absolute Gasteiger partial charge is 0.303 e. The number of hydrogen-bond acceptors (Lipinski definition) is 10. The van der Waals surface area contributed by atoms with Gasteiger partial charge in [-0.25, -0.2) is 0 Å². The van der Waals surface area contributed by atoms with Crippen LogP contribution in [0.5, 0.6) is 0 Å². The van der Waals surface area contributed by atoms with Gasteiger partial charge in [-0.15, -0.1) is 0 Å². The normalized spacial score (nSPS) is 53.6. The number of esters is 1. The maximum absolute atomic E-state index is 12.6. The summed E-state index contributed by atoms with van der Waals surface area (Å²) in [5.41, 5.74) is -0.877. The standard InChI is InChI=1S/C39H62O10/c1-19-17-23(32(34(6,7)45)47-21(3)40)48-29-27(19)35(8)15-16-39-20(2)38(39)14-13-26(49-37(10)30(43)28(42)22(41)18-46-37)33(4,5)24(38)11-12-25(39)36(35,9)31(29)44/h19-20,22-26,28,30-32,41-45H,11-18H2,1-10H3/t19-,20-,22-,23-,24+,25+,26+,28+,30-,31+,32+,35-,36-,37+,38?,39+/m1/s1. The summed E-state index contributed by atoms with van der Waals surface area (Å²) in [6, 6.07) is 0. The van der Waals surface area contributed by atoms with E-state index in [9.17, 15) is 30.3 Å². The number of allylic oxidation sites excluding steroid dienone is 1. The van der Waals surface area contributed by atoms with Crippen LogP contribution >= 0.6 is 0 Å². The highest BCUT2D eigenvalue weighted by molar-refractivity contribution is 5.66. The van der Waals surface area contributed by atoms with Gasteiger partial charge in [0.05, 0.1) is 18.3 Å². The zero-order valence-electron chi connectivity index (χ0n) is 31.3. The molecule has 0 aromatic heterocycles. The fourth-order valence-electron chi connectivity index (χ4n) is 14.0. The number of rotatable bonds is 5. The molecule has 0 aromatic carbocycles. The predicted octanol–water partition coefficient (Wildman–Crippen LogP) is 4.23. The average Bonchev–Trinajstić information content (AvgIpc) is 3.48. The van der Waals surface area contributed by atoms with Crippen molar-refractivity contribution < 1.29 is 49.3 Å². The molecule has 16 atom stereocenters. The molecule has 2 spiro atoms. The molecule has 1 unspecified atom stereocenters. The van der Waals surface area contributed by atoms with Crippen LogP contribution < -0.4 is 0 Å². The summed E-state index contributed by atoms with van der Waals surface area (Å²) in [4.78, 5) is 12.1. The second-order valence-electron chi connectivity index (χ2n) is 19.1. The van der Waals surface area contributed by atoms with E-state index >= 15 is 0 Å². The Kier molecular flexibility index (Phi) is 8.02. The van der Waals surface area contributed by atoms with Crippen molar-refractivity contribution in [2.24, 2.45) is 50.7 Å². The number of carbonyl (C=O) groups excluding carboxylic acids is 1. The second kappa shape index (κ2) is 10.9. The molecule has 49 heavy (non-hydrogen) atoms. The first-order chi connectivity index (χ1) is 22.6. The maximum atomic E-state index is 12.6. The van der Waals surface area contributed by atoms with Crippen molar-refractivity contribution in [2.75, 3.05) is 6.61 Å². The molecule has 278 valence electrons. The summed E-state index contributed by atoms with van der Waals surface area (Å²) in [5.74, 6) is -0.0216. The lowest BCUT2D eigenvalue weighted by molar-refractivity contribution is -0.358. The second-order valence-corrected chi connectivity index (χ2v) is 19.1. The van der Waals surface area contributed by atoms with Gasteiger partial charge >= 0.3 is 5.97 Å².